The van der Waals surface area contributed by atoms with Gasteiger partial charge in [0.05, 0.1) is 16.8 Å². The van der Waals surface area contributed by atoms with Crippen molar-refractivity contribution in [2.75, 3.05) is 4.90 Å². The summed E-state index contributed by atoms with van der Waals surface area (Å²) in [6, 6.07) is 16.3. The van der Waals surface area contributed by atoms with Crippen LogP contribution in [0.1, 0.15) is 25.3 Å². The Morgan fingerprint density at radius 3 is 2.92 bits per heavy atom. The van der Waals surface area contributed by atoms with Gasteiger partial charge in [0.1, 0.15) is 0 Å². The first-order chi connectivity index (χ1) is 12.2. The first-order valence-corrected chi connectivity index (χ1v) is 9.28. The zero-order valence-electron chi connectivity index (χ0n) is 14.0. The fraction of sp³-hybridized carbons (Fsp3) is 0.200. The second kappa shape index (κ2) is 6.69. The minimum Gasteiger partial charge on any atom is -0.361 e. The van der Waals surface area contributed by atoms with E-state index in [1.807, 2.05) is 42.3 Å². The van der Waals surface area contributed by atoms with E-state index in [0.717, 1.165) is 38.2 Å². The zero-order valence-corrected chi connectivity index (χ0v) is 14.8. The van der Waals surface area contributed by atoms with Gasteiger partial charge in [-0.2, -0.15) is 0 Å². The average molecular weight is 349 g/mol. The van der Waals surface area contributed by atoms with Crippen molar-refractivity contribution in [3.63, 3.8) is 0 Å². The van der Waals surface area contributed by atoms with Crippen molar-refractivity contribution >= 4 is 43.5 Å². The number of aromatic nitrogens is 2. The fourth-order valence-electron chi connectivity index (χ4n) is 2.97. The van der Waals surface area contributed by atoms with Crippen LogP contribution in [0.4, 0.5) is 5.13 Å². The van der Waals surface area contributed by atoms with Crippen LogP contribution in [0.15, 0.2) is 54.7 Å². The van der Waals surface area contributed by atoms with Gasteiger partial charge in [-0.05, 0) is 47.7 Å². The molecule has 0 aliphatic heterocycles. The molecular formula is C20H19N3OS. The molecule has 4 rings (SSSR count). The van der Waals surface area contributed by atoms with Crippen molar-refractivity contribution in [2.24, 2.45) is 0 Å². The molecule has 126 valence electrons. The maximum absolute atomic E-state index is 12.7. The summed E-state index contributed by atoms with van der Waals surface area (Å²) < 4.78 is 1.10. The van der Waals surface area contributed by atoms with E-state index < -0.39 is 0 Å². The molecule has 25 heavy (non-hydrogen) atoms. The number of aromatic amines is 1. The molecule has 2 heterocycles. The quantitative estimate of drug-likeness (QED) is 0.544. The topological polar surface area (TPSA) is 49.0 Å². The van der Waals surface area contributed by atoms with Gasteiger partial charge >= 0.3 is 0 Å². The van der Waals surface area contributed by atoms with Crippen LogP contribution >= 0.6 is 11.3 Å². The van der Waals surface area contributed by atoms with Gasteiger partial charge in [0.2, 0.25) is 5.91 Å². The van der Waals surface area contributed by atoms with E-state index in [9.17, 15) is 4.79 Å². The summed E-state index contributed by atoms with van der Waals surface area (Å²) in [4.78, 5) is 22.4. The standard InChI is InChI=1S/C20H19N3OS/c1-2-5-19(24)23(20-22-17-6-3-4-7-18(17)25-20)13-14-8-9-16-15(12-14)10-11-21-16/h3-4,6-12,21H,2,5,13H2,1H3. The van der Waals surface area contributed by atoms with E-state index in [0.29, 0.717) is 13.0 Å². The summed E-state index contributed by atoms with van der Waals surface area (Å²) in [5.41, 5.74) is 3.16. The van der Waals surface area contributed by atoms with Gasteiger partial charge < -0.3 is 4.98 Å². The summed E-state index contributed by atoms with van der Waals surface area (Å²) in [5.74, 6) is 0.121. The van der Waals surface area contributed by atoms with Crippen LogP contribution in [0.3, 0.4) is 0 Å². The van der Waals surface area contributed by atoms with Crippen LogP contribution in [0, 0.1) is 0 Å². The number of H-pyrrole nitrogens is 1. The maximum atomic E-state index is 12.7. The summed E-state index contributed by atoms with van der Waals surface area (Å²) in [6.07, 6.45) is 3.29. The first-order valence-electron chi connectivity index (χ1n) is 8.46. The number of carbonyl (C=O) groups is 1. The number of para-hydroxylation sites is 1. The predicted octanol–water partition coefficient (Wildman–Crippen LogP) is 5.11. The van der Waals surface area contributed by atoms with E-state index in [1.54, 1.807) is 11.3 Å². The number of benzene rings is 2. The van der Waals surface area contributed by atoms with E-state index >= 15 is 0 Å². The molecule has 0 saturated heterocycles. The molecule has 0 unspecified atom stereocenters. The molecule has 1 N–H and O–H groups in total. The largest absolute Gasteiger partial charge is 0.361 e. The lowest BCUT2D eigenvalue weighted by atomic mass is 10.1. The number of anilines is 1. The molecule has 0 bridgehead atoms. The summed E-state index contributed by atoms with van der Waals surface area (Å²) in [7, 11) is 0. The number of nitrogens with zero attached hydrogens (tertiary/aromatic N) is 2. The maximum Gasteiger partial charge on any atom is 0.229 e. The van der Waals surface area contributed by atoms with E-state index in [1.165, 1.54) is 0 Å². The lowest BCUT2D eigenvalue weighted by Crippen LogP contribution is -2.29. The van der Waals surface area contributed by atoms with Gasteiger partial charge in [-0.15, -0.1) is 0 Å². The Balaban J connectivity index is 1.70. The number of hydrogen-bond acceptors (Lipinski definition) is 3. The Hall–Kier alpha value is -2.66. The Labute approximate surface area is 150 Å². The lowest BCUT2D eigenvalue weighted by molar-refractivity contribution is -0.118. The van der Waals surface area contributed by atoms with Gasteiger partial charge in [0.15, 0.2) is 5.13 Å². The highest BCUT2D eigenvalue weighted by Crippen LogP contribution is 2.30. The third-order valence-corrected chi connectivity index (χ3v) is 5.30. The molecule has 2 aromatic heterocycles. The van der Waals surface area contributed by atoms with E-state index in [4.69, 9.17) is 0 Å². The minimum absolute atomic E-state index is 0.121. The van der Waals surface area contributed by atoms with Crippen LogP contribution in [0.5, 0.6) is 0 Å². The second-order valence-electron chi connectivity index (χ2n) is 6.09. The van der Waals surface area contributed by atoms with E-state index in [2.05, 4.69) is 34.2 Å². The molecule has 5 heteroatoms. The van der Waals surface area contributed by atoms with Crippen LogP contribution < -0.4 is 4.90 Å². The van der Waals surface area contributed by atoms with Gasteiger partial charge in [-0.1, -0.05) is 36.5 Å². The number of thiazole rings is 1. The monoisotopic (exact) mass is 349 g/mol. The van der Waals surface area contributed by atoms with Crippen LogP contribution in [0.2, 0.25) is 0 Å². The summed E-state index contributed by atoms with van der Waals surface area (Å²) >= 11 is 1.57. The third kappa shape index (κ3) is 3.15. The molecule has 4 nitrogen and oxygen atoms in total. The van der Waals surface area contributed by atoms with Gasteiger partial charge in [0, 0.05) is 18.1 Å². The Morgan fingerprint density at radius 1 is 1.20 bits per heavy atom. The van der Waals surface area contributed by atoms with Crippen molar-refractivity contribution < 1.29 is 4.79 Å². The average Bonchev–Trinajstić information content (AvgIpc) is 3.25. The lowest BCUT2D eigenvalue weighted by Gasteiger charge is -2.20. The van der Waals surface area contributed by atoms with Crippen molar-refractivity contribution in [3.05, 3.63) is 60.3 Å². The van der Waals surface area contributed by atoms with Gasteiger partial charge in [-0.3, -0.25) is 9.69 Å². The highest BCUT2D eigenvalue weighted by Gasteiger charge is 2.19. The molecule has 0 saturated carbocycles. The highest BCUT2D eigenvalue weighted by atomic mass is 32.1. The zero-order chi connectivity index (χ0) is 17.2. The van der Waals surface area contributed by atoms with Crippen molar-refractivity contribution in [2.45, 2.75) is 26.3 Å². The van der Waals surface area contributed by atoms with Crippen LogP contribution in [-0.4, -0.2) is 15.9 Å². The fourth-order valence-corrected chi connectivity index (χ4v) is 3.95. The number of nitrogens with one attached hydrogen (secondary N) is 1. The molecule has 1 amide bonds. The minimum atomic E-state index is 0.121. The second-order valence-corrected chi connectivity index (χ2v) is 7.10. The number of amides is 1. The smallest absolute Gasteiger partial charge is 0.229 e. The van der Waals surface area contributed by atoms with Crippen LogP contribution in [0.25, 0.3) is 21.1 Å². The Bertz CT molecular complexity index is 1000. The normalized spacial score (nSPS) is 11.2. The van der Waals surface area contributed by atoms with E-state index in [-0.39, 0.29) is 5.91 Å². The number of rotatable bonds is 5. The Morgan fingerprint density at radius 2 is 2.08 bits per heavy atom. The number of fused-ring (bicyclic) bond motifs is 2. The van der Waals surface area contributed by atoms with Gasteiger partial charge in [0.25, 0.3) is 0 Å². The summed E-state index contributed by atoms with van der Waals surface area (Å²) in [5, 5.41) is 1.93. The molecular weight excluding hydrogens is 330 g/mol. The molecule has 0 aliphatic carbocycles. The number of carbonyl (C=O) groups excluding carboxylic acids is 1. The molecule has 0 fully saturated rings. The number of hydrogen-bond donors (Lipinski definition) is 1. The van der Waals surface area contributed by atoms with Crippen molar-refractivity contribution in [1.82, 2.24) is 9.97 Å². The molecule has 2 aromatic carbocycles. The molecule has 0 radical (unpaired) electrons. The molecule has 0 spiro atoms. The SMILES string of the molecule is CCCC(=O)N(Cc1ccc2[nH]ccc2c1)c1nc2ccccc2s1. The summed E-state index contributed by atoms with van der Waals surface area (Å²) in [6.45, 7) is 2.57. The van der Waals surface area contributed by atoms with Crippen LogP contribution in [-0.2, 0) is 11.3 Å². The molecule has 0 aliphatic rings. The molecule has 4 aromatic rings. The van der Waals surface area contributed by atoms with Gasteiger partial charge in [-0.25, -0.2) is 4.98 Å². The first kappa shape index (κ1) is 15.8. The highest BCUT2D eigenvalue weighted by molar-refractivity contribution is 7.22. The van der Waals surface area contributed by atoms with Crippen molar-refractivity contribution in [1.29, 1.82) is 0 Å². The predicted molar refractivity (Wildman–Crippen MR) is 104 cm³/mol. The molecule has 0 atom stereocenters. The van der Waals surface area contributed by atoms with Crippen molar-refractivity contribution in [3.8, 4) is 0 Å². The third-order valence-electron chi connectivity index (χ3n) is 4.24. The Kier molecular flexibility index (Phi) is 4.24.